The molecule has 0 radical (unpaired) electrons. The van der Waals surface area contributed by atoms with E-state index < -0.39 is 37.3 Å². The van der Waals surface area contributed by atoms with Gasteiger partial charge in [0.05, 0.1) is 12.7 Å². The van der Waals surface area contributed by atoms with Crippen LogP contribution in [0.3, 0.4) is 0 Å². The lowest BCUT2D eigenvalue weighted by atomic mass is 9.51. The Labute approximate surface area is 242 Å². The first kappa shape index (κ1) is 30.9. The normalized spacial score (nSPS) is 46.8. The highest BCUT2D eigenvalue weighted by Gasteiger charge is 2.57. The highest BCUT2D eigenvalue weighted by atomic mass is 16.7. The van der Waals surface area contributed by atoms with Gasteiger partial charge in [0.25, 0.3) is 0 Å². The van der Waals surface area contributed by atoms with E-state index in [1.165, 1.54) is 56.9 Å². The van der Waals surface area contributed by atoms with Crippen LogP contribution in [-0.2, 0) is 9.47 Å². The number of fused-ring (bicyclic) bond motifs is 5. The van der Waals surface area contributed by atoms with Crippen LogP contribution in [0.2, 0.25) is 0 Å². The third kappa shape index (κ3) is 5.71. The molecule has 0 aromatic rings. The van der Waals surface area contributed by atoms with Crippen molar-refractivity contribution in [2.75, 3.05) is 6.61 Å². The first-order valence-corrected chi connectivity index (χ1v) is 16.7. The Hall–Kier alpha value is -0.500. The lowest BCUT2D eigenvalue weighted by molar-refractivity contribution is -0.312. The van der Waals surface area contributed by atoms with E-state index in [0.717, 1.165) is 60.7 Å². The molecule has 1 heterocycles. The fraction of sp³-hybridized carbons (Fsp3) is 0.941. The van der Waals surface area contributed by atoms with Gasteiger partial charge in [0.2, 0.25) is 0 Å². The maximum atomic E-state index is 10.5. The molecule has 0 aromatic carbocycles. The monoisotopic (exact) mass is 562 g/mol. The smallest absolute Gasteiger partial charge is 0.186 e. The second-order valence-corrected chi connectivity index (χ2v) is 15.0. The van der Waals surface area contributed by atoms with Gasteiger partial charge >= 0.3 is 0 Å². The van der Waals surface area contributed by atoms with E-state index in [2.05, 4.69) is 40.7 Å². The van der Waals surface area contributed by atoms with Gasteiger partial charge in [-0.3, -0.25) is 0 Å². The van der Waals surface area contributed by atoms with Gasteiger partial charge in [0, 0.05) is 0 Å². The summed E-state index contributed by atoms with van der Waals surface area (Å²) in [6.07, 6.45) is 10.1. The van der Waals surface area contributed by atoms with Crippen molar-refractivity contribution in [3.05, 3.63) is 11.6 Å². The average Bonchev–Trinajstić information content (AvgIpc) is 3.30. The molecule has 230 valence electrons. The molecule has 4 aliphatic carbocycles. The maximum absolute atomic E-state index is 10.5. The summed E-state index contributed by atoms with van der Waals surface area (Å²) in [5.41, 5.74) is 2.02. The molecule has 40 heavy (non-hydrogen) atoms. The first-order chi connectivity index (χ1) is 19.1. The van der Waals surface area contributed by atoms with Gasteiger partial charge in [-0.2, -0.15) is 0 Å². The van der Waals surface area contributed by atoms with Crippen molar-refractivity contribution in [1.82, 2.24) is 0 Å². The van der Waals surface area contributed by atoms with Gasteiger partial charge in [-0.1, -0.05) is 59.1 Å². The summed E-state index contributed by atoms with van der Waals surface area (Å²) < 4.78 is 11.8. The highest BCUT2D eigenvalue weighted by Crippen LogP contribution is 2.65. The molecule has 3 saturated carbocycles. The van der Waals surface area contributed by atoms with Crippen LogP contribution >= 0.6 is 0 Å². The van der Waals surface area contributed by atoms with Gasteiger partial charge in [-0.05, 0) is 111 Å². The number of rotatable bonds is 9. The summed E-state index contributed by atoms with van der Waals surface area (Å²) in [4.78, 5) is 0. The molecule has 1 saturated heterocycles. The molecule has 0 unspecified atom stereocenters. The zero-order valence-corrected chi connectivity index (χ0v) is 25.8. The number of aliphatic hydroxyl groups excluding tert-OH is 4. The Bertz CT molecular complexity index is 872. The first-order valence-electron chi connectivity index (χ1n) is 16.7. The van der Waals surface area contributed by atoms with E-state index >= 15 is 0 Å². The van der Waals surface area contributed by atoms with Crippen LogP contribution < -0.4 is 0 Å². The number of hydrogen-bond donors (Lipinski definition) is 4. The van der Waals surface area contributed by atoms with Gasteiger partial charge in [-0.25, -0.2) is 0 Å². The number of ether oxygens (including phenoxy) is 2. The molecule has 1 aliphatic heterocycles. The molecule has 14 atom stereocenters. The number of hydrogen-bond acceptors (Lipinski definition) is 6. The van der Waals surface area contributed by atoms with E-state index in [1.54, 1.807) is 0 Å². The molecule has 4 N–H and O–H groups in total. The van der Waals surface area contributed by atoms with Gasteiger partial charge in [0.1, 0.15) is 24.4 Å². The van der Waals surface area contributed by atoms with E-state index in [0.29, 0.717) is 11.3 Å². The van der Waals surface area contributed by atoms with E-state index in [-0.39, 0.29) is 6.10 Å². The average molecular weight is 563 g/mol. The van der Waals surface area contributed by atoms with Crippen LogP contribution in [0.15, 0.2) is 11.6 Å². The summed E-state index contributed by atoms with van der Waals surface area (Å²) in [5.74, 6) is 6.44. The third-order valence-electron chi connectivity index (χ3n) is 12.8. The third-order valence-corrected chi connectivity index (χ3v) is 12.8. The van der Waals surface area contributed by atoms with Crippen LogP contribution in [0.1, 0.15) is 105 Å². The molecule has 6 heteroatoms. The van der Waals surface area contributed by atoms with Crippen LogP contribution in [0, 0.1) is 52.8 Å². The van der Waals surface area contributed by atoms with Crippen molar-refractivity contribution in [2.24, 2.45) is 52.8 Å². The lowest BCUT2D eigenvalue weighted by Gasteiger charge is -2.54. The fourth-order valence-electron chi connectivity index (χ4n) is 10.4. The fourth-order valence-corrected chi connectivity index (χ4v) is 10.4. The standard InChI is InChI=1S/C34H58O6/c1-6-21(19(2)3)8-7-20(4)27-13-14-28-26-11-9-22-17-23(10-12-24(22)25(26)15-16-34(27,28)5)39-33-32(38)31(37)30(36)29(18-35)40-33/h9,19-21,23-33,35-38H,6-8,10-18H2,1-5H3/t20-,21-,23-,24-,25+,26-,27-,28-,29-,30-,31-,32-,33-,34-/m0/s1. The van der Waals surface area contributed by atoms with E-state index in [4.69, 9.17) is 9.47 Å². The van der Waals surface area contributed by atoms with Gasteiger partial charge < -0.3 is 29.9 Å². The Balaban J connectivity index is 1.20. The predicted octanol–water partition coefficient (Wildman–Crippen LogP) is 5.46. The SMILES string of the molecule is CC[C@@H](CC[C@H](C)[C@@H]1CC[C@H]2[C@H]3CC=C4C[C@@H](O[C@H]5O[C@@H](CO)[C@H](O)[C@H](O)[C@@H]5O)CC[C@@H]4[C@H]3CC[C@]21C)C(C)C. The molecule has 5 rings (SSSR count). The minimum absolute atomic E-state index is 0.0798. The Kier molecular flexibility index (Phi) is 9.76. The van der Waals surface area contributed by atoms with Crippen LogP contribution in [-0.4, -0.2) is 63.8 Å². The molecule has 0 aromatic heterocycles. The zero-order valence-electron chi connectivity index (χ0n) is 25.8. The molecule has 0 bridgehead atoms. The molecule has 0 spiro atoms. The van der Waals surface area contributed by atoms with Crippen molar-refractivity contribution in [3.8, 4) is 0 Å². The quantitative estimate of drug-likeness (QED) is 0.279. The Morgan fingerprint density at radius 2 is 1.75 bits per heavy atom. The van der Waals surface area contributed by atoms with Crippen LogP contribution in [0.5, 0.6) is 0 Å². The maximum Gasteiger partial charge on any atom is 0.186 e. The summed E-state index contributed by atoms with van der Waals surface area (Å²) in [6.45, 7) is 11.9. The van der Waals surface area contributed by atoms with Crippen molar-refractivity contribution in [1.29, 1.82) is 0 Å². The summed E-state index contributed by atoms with van der Waals surface area (Å²) >= 11 is 0. The minimum Gasteiger partial charge on any atom is -0.394 e. The largest absolute Gasteiger partial charge is 0.394 e. The summed E-state index contributed by atoms with van der Waals surface area (Å²) in [5, 5.41) is 40.2. The van der Waals surface area contributed by atoms with E-state index in [9.17, 15) is 20.4 Å². The van der Waals surface area contributed by atoms with Crippen molar-refractivity contribution >= 4 is 0 Å². The Morgan fingerprint density at radius 3 is 2.45 bits per heavy atom. The molecular formula is C34H58O6. The molecular weight excluding hydrogens is 504 g/mol. The topological polar surface area (TPSA) is 99.4 Å². The van der Waals surface area contributed by atoms with Gasteiger partial charge in [-0.15, -0.1) is 0 Å². The highest BCUT2D eigenvalue weighted by molar-refractivity contribution is 5.20. The summed E-state index contributed by atoms with van der Waals surface area (Å²) in [7, 11) is 0. The molecule has 5 aliphatic rings. The Morgan fingerprint density at radius 1 is 0.975 bits per heavy atom. The zero-order chi connectivity index (χ0) is 28.8. The minimum atomic E-state index is -1.39. The van der Waals surface area contributed by atoms with E-state index in [1.807, 2.05) is 0 Å². The van der Waals surface area contributed by atoms with Crippen LogP contribution in [0.25, 0.3) is 0 Å². The van der Waals surface area contributed by atoms with Crippen molar-refractivity contribution < 1.29 is 29.9 Å². The second-order valence-electron chi connectivity index (χ2n) is 15.0. The lowest BCUT2D eigenvalue weighted by Crippen LogP contribution is -2.59. The predicted molar refractivity (Wildman–Crippen MR) is 156 cm³/mol. The molecule has 4 fully saturated rings. The van der Waals surface area contributed by atoms with Gasteiger partial charge in [0.15, 0.2) is 6.29 Å². The molecule has 6 nitrogen and oxygen atoms in total. The second kappa shape index (κ2) is 12.6. The van der Waals surface area contributed by atoms with Crippen LogP contribution in [0.4, 0.5) is 0 Å². The molecule has 0 amide bonds. The summed E-state index contributed by atoms with van der Waals surface area (Å²) in [6, 6.07) is 0. The van der Waals surface area contributed by atoms with Crippen molar-refractivity contribution in [2.45, 2.75) is 142 Å². The van der Waals surface area contributed by atoms with Crippen molar-refractivity contribution in [3.63, 3.8) is 0 Å². The number of aliphatic hydroxyl groups is 4. The number of allylic oxidation sites excluding steroid dienone is 1.